The first-order valence-corrected chi connectivity index (χ1v) is 22.6. The van der Waals surface area contributed by atoms with Crippen molar-refractivity contribution in [2.24, 2.45) is 0 Å². The van der Waals surface area contributed by atoms with Gasteiger partial charge in [-0.3, -0.25) is 0 Å². The maximum Gasteiger partial charge on any atom is -0.000730 e. The van der Waals surface area contributed by atoms with Gasteiger partial charge in [0.25, 0.3) is 0 Å². The molecule has 6 aromatic carbocycles. The Morgan fingerprint density at radius 2 is 0.733 bits per heavy atom. The molecule has 0 amide bonds. The van der Waals surface area contributed by atoms with Gasteiger partial charge in [-0.25, -0.2) is 0 Å². The van der Waals surface area contributed by atoms with Crippen LogP contribution in [0.4, 0.5) is 0 Å². The zero-order chi connectivity index (χ0) is 39.3. The van der Waals surface area contributed by atoms with E-state index < -0.39 is 0 Å². The van der Waals surface area contributed by atoms with E-state index in [9.17, 15) is 0 Å². The molecule has 60 heavy (non-hydrogen) atoms. The van der Waals surface area contributed by atoms with Crippen molar-refractivity contribution in [2.75, 3.05) is 0 Å². The summed E-state index contributed by atoms with van der Waals surface area (Å²) in [5.41, 5.74) is 36.7. The molecule has 288 valence electrons. The number of rotatable bonds is 0. The highest BCUT2D eigenvalue weighted by Crippen LogP contribution is 2.49. The molecular formula is C60H48. The van der Waals surface area contributed by atoms with Gasteiger partial charge in [0.2, 0.25) is 0 Å². The van der Waals surface area contributed by atoms with Gasteiger partial charge < -0.3 is 0 Å². The average molecular weight is 769 g/mol. The maximum atomic E-state index is 2.48. The molecule has 0 spiro atoms. The van der Waals surface area contributed by atoms with E-state index in [4.69, 9.17) is 0 Å². The van der Waals surface area contributed by atoms with E-state index in [-0.39, 0.29) is 0 Å². The second-order valence-electron chi connectivity index (χ2n) is 18.3. The summed E-state index contributed by atoms with van der Waals surface area (Å²) in [6.45, 7) is 0. The van der Waals surface area contributed by atoms with Gasteiger partial charge in [-0.05, 0) is 223 Å². The van der Waals surface area contributed by atoms with E-state index >= 15 is 0 Å². The molecule has 0 atom stereocenters. The summed E-state index contributed by atoms with van der Waals surface area (Å²) in [5.74, 6) is 0. The summed E-state index contributed by atoms with van der Waals surface area (Å²) >= 11 is 0. The lowest BCUT2D eigenvalue weighted by Crippen LogP contribution is -1.94. The fourth-order valence-electron chi connectivity index (χ4n) is 12.3. The minimum atomic E-state index is 1.11. The Hall–Kier alpha value is -6.24. The SMILES string of the molecule is C1=CC2=C(CC1)c1c(ccc3c1Cc1ccccc1-3)C2.C1=CC2=C(CC1)c1cc3c(cc1C2)-c1ccccc1C3.C1=CC2=C(CC1)c1cc3c(cc1C2)Cc1ccccc1-3. The Morgan fingerprint density at radius 3 is 1.38 bits per heavy atom. The van der Waals surface area contributed by atoms with E-state index in [2.05, 4.69) is 146 Å². The number of hydrogen-bond acceptors (Lipinski definition) is 0. The topological polar surface area (TPSA) is 0 Å². The maximum absolute atomic E-state index is 2.48. The van der Waals surface area contributed by atoms with Gasteiger partial charge in [0.05, 0.1) is 0 Å². The fourth-order valence-corrected chi connectivity index (χ4v) is 12.3. The van der Waals surface area contributed by atoms with Gasteiger partial charge in [-0.1, -0.05) is 134 Å². The molecule has 9 aliphatic rings. The Balaban J connectivity index is 0.0000000926. The first kappa shape index (κ1) is 34.6. The molecule has 0 aromatic heterocycles. The predicted molar refractivity (Wildman–Crippen MR) is 251 cm³/mol. The summed E-state index contributed by atoms with van der Waals surface area (Å²) in [6.07, 6.45) is 28.1. The molecule has 0 heterocycles. The molecule has 9 aliphatic carbocycles. The summed E-state index contributed by atoms with van der Waals surface area (Å²) in [6, 6.07) is 41.2. The van der Waals surface area contributed by atoms with Crippen LogP contribution in [0.2, 0.25) is 0 Å². The van der Waals surface area contributed by atoms with Crippen molar-refractivity contribution in [1.82, 2.24) is 0 Å². The average Bonchev–Trinajstić information content (AvgIpc) is 4.15. The van der Waals surface area contributed by atoms with Crippen LogP contribution in [0.1, 0.15) is 105 Å². The molecule has 0 saturated heterocycles. The van der Waals surface area contributed by atoms with Crippen molar-refractivity contribution in [3.05, 3.63) is 229 Å². The van der Waals surface area contributed by atoms with Crippen molar-refractivity contribution in [3.8, 4) is 33.4 Å². The van der Waals surface area contributed by atoms with Crippen LogP contribution >= 0.6 is 0 Å². The molecule has 0 radical (unpaired) electrons. The van der Waals surface area contributed by atoms with Crippen molar-refractivity contribution in [3.63, 3.8) is 0 Å². The lowest BCUT2D eigenvalue weighted by atomic mass is 9.91. The van der Waals surface area contributed by atoms with Crippen LogP contribution in [0, 0.1) is 0 Å². The largest absolute Gasteiger partial charge is 0.0839 e. The Labute approximate surface area is 354 Å². The highest BCUT2D eigenvalue weighted by molar-refractivity contribution is 5.90. The third-order valence-electron chi connectivity index (χ3n) is 15.0. The first-order chi connectivity index (χ1) is 29.7. The molecule has 0 nitrogen and oxygen atoms in total. The lowest BCUT2D eigenvalue weighted by molar-refractivity contribution is 1.04. The summed E-state index contributed by atoms with van der Waals surface area (Å²) in [4.78, 5) is 0. The summed E-state index contributed by atoms with van der Waals surface area (Å²) in [7, 11) is 0. The van der Waals surface area contributed by atoms with E-state index in [1.807, 2.05) is 0 Å². The minimum Gasteiger partial charge on any atom is -0.0839 e. The number of benzene rings is 6. The monoisotopic (exact) mass is 768 g/mol. The van der Waals surface area contributed by atoms with Gasteiger partial charge in [-0.2, -0.15) is 0 Å². The van der Waals surface area contributed by atoms with Gasteiger partial charge >= 0.3 is 0 Å². The van der Waals surface area contributed by atoms with Crippen molar-refractivity contribution in [2.45, 2.75) is 77.0 Å². The van der Waals surface area contributed by atoms with E-state index in [1.54, 1.807) is 55.7 Å². The summed E-state index contributed by atoms with van der Waals surface area (Å²) in [5, 5.41) is 0. The minimum absolute atomic E-state index is 1.11. The van der Waals surface area contributed by atoms with Crippen LogP contribution in [-0.2, 0) is 38.5 Å². The lowest BCUT2D eigenvalue weighted by Gasteiger charge is -2.13. The van der Waals surface area contributed by atoms with Gasteiger partial charge in [-0.15, -0.1) is 0 Å². The van der Waals surface area contributed by atoms with Crippen molar-refractivity contribution >= 4 is 16.7 Å². The zero-order valence-electron chi connectivity index (χ0n) is 34.3. The molecule has 0 unspecified atom stereocenters. The van der Waals surface area contributed by atoms with Crippen LogP contribution in [0.5, 0.6) is 0 Å². The summed E-state index contributed by atoms with van der Waals surface area (Å²) < 4.78 is 0. The molecule has 0 N–H and O–H groups in total. The van der Waals surface area contributed by atoms with Gasteiger partial charge in [0.15, 0.2) is 0 Å². The Bertz CT molecular complexity index is 3060. The van der Waals surface area contributed by atoms with Crippen molar-refractivity contribution in [1.29, 1.82) is 0 Å². The second-order valence-corrected chi connectivity index (χ2v) is 18.3. The van der Waals surface area contributed by atoms with E-state index in [1.165, 1.54) is 116 Å². The predicted octanol–water partition coefficient (Wildman–Crippen LogP) is 14.8. The smallest absolute Gasteiger partial charge is 0.000730 e. The highest BCUT2D eigenvalue weighted by Gasteiger charge is 2.31. The normalized spacial score (nSPS) is 17.8. The quantitative estimate of drug-likeness (QED) is 0.144. The third kappa shape index (κ3) is 5.43. The van der Waals surface area contributed by atoms with Crippen LogP contribution in [0.25, 0.3) is 50.1 Å². The molecule has 15 rings (SSSR count). The standard InChI is InChI=1S/3C20H16/c1-3-7-16-14(6-1)12-19-18(16)10-9-15-11-13-5-2-4-8-17(13)20(15)19;1-3-7-17-13(5-1)9-15-11-20-16(12-19(15)17)10-14-6-2-4-8-18(14)20;1-3-7-17-13(5-1)9-15-11-16-10-14-6-2-4-8-18(14)20(16)12-19(15)17/h1-3,5-7,9-10H,4,8,11-12H2;2*1-3,5-7,11-12H,4,8-10H2. The van der Waals surface area contributed by atoms with E-state index in [0.717, 1.165) is 38.5 Å². The molecule has 0 saturated carbocycles. The Morgan fingerprint density at radius 1 is 0.283 bits per heavy atom. The molecule has 6 aromatic rings. The first-order valence-electron chi connectivity index (χ1n) is 22.6. The van der Waals surface area contributed by atoms with Crippen LogP contribution < -0.4 is 0 Å². The number of fused-ring (bicyclic) bond motifs is 16. The molecular weight excluding hydrogens is 721 g/mol. The van der Waals surface area contributed by atoms with Crippen LogP contribution in [-0.4, -0.2) is 0 Å². The Kier molecular flexibility index (Phi) is 7.87. The zero-order valence-corrected chi connectivity index (χ0v) is 34.3. The molecule has 0 bridgehead atoms. The van der Waals surface area contributed by atoms with Crippen molar-refractivity contribution < 1.29 is 0 Å². The third-order valence-corrected chi connectivity index (χ3v) is 15.0. The van der Waals surface area contributed by atoms with Gasteiger partial charge in [0, 0.05) is 0 Å². The molecule has 0 fully saturated rings. The van der Waals surface area contributed by atoms with Gasteiger partial charge in [0.1, 0.15) is 0 Å². The molecule has 0 aliphatic heterocycles. The highest BCUT2D eigenvalue weighted by atomic mass is 14.3. The number of hydrogen-bond donors (Lipinski definition) is 0. The van der Waals surface area contributed by atoms with E-state index in [0.29, 0.717) is 0 Å². The number of allylic oxidation sites excluding steroid dienone is 12. The van der Waals surface area contributed by atoms with Crippen LogP contribution in [0.3, 0.4) is 0 Å². The van der Waals surface area contributed by atoms with Crippen LogP contribution in [0.15, 0.2) is 162 Å². The molecule has 0 heteroatoms. The fraction of sp³-hybridized carbons (Fsp3) is 0.200. The second kappa shape index (κ2) is 13.7.